The van der Waals surface area contributed by atoms with E-state index in [1.165, 1.54) is 12.8 Å². The van der Waals surface area contributed by atoms with Crippen LogP contribution < -0.4 is 0 Å². The lowest BCUT2D eigenvalue weighted by molar-refractivity contribution is -0.159. The molecule has 0 aromatic rings. The fraction of sp³-hybridized carbons (Fsp3) is 0.929. The Kier molecular flexibility index (Phi) is 4.82. The summed E-state index contributed by atoms with van der Waals surface area (Å²) in [6.07, 6.45) is 3.60. The van der Waals surface area contributed by atoms with Crippen LogP contribution in [0.3, 0.4) is 0 Å². The Bertz CT molecular complexity index is 233. The van der Waals surface area contributed by atoms with E-state index >= 15 is 0 Å². The highest BCUT2D eigenvalue weighted by Gasteiger charge is 2.33. The van der Waals surface area contributed by atoms with Gasteiger partial charge in [0.1, 0.15) is 6.10 Å². The normalized spacial score (nSPS) is 30.8. The summed E-state index contributed by atoms with van der Waals surface area (Å²) in [5.41, 5.74) is 0. The Balaban J connectivity index is 2.59. The highest BCUT2D eigenvalue weighted by atomic mass is 16.5. The fourth-order valence-corrected chi connectivity index (χ4v) is 2.53. The van der Waals surface area contributed by atoms with Crippen LogP contribution in [0.5, 0.6) is 0 Å². The van der Waals surface area contributed by atoms with E-state index in [1.54, 1.807) is 0 Å². The van der Waals surface area contributed by atoms with E-state index in [0.29, 0.717) is 11.8 Å². The number of ether oxygens (including phenoxy) is 1. The standard InChI is InChI=1S/C14H26O2/c1-9(2)12-8-11(5)6-7-13(12)16-14(15)10(3)4/h9-13H,6-8H2,1-5H3. The first kappa shape index (κ1) is 13.5. The smallest absolute Gasteiger partial charge is 0.308 e. The molecule has 0 N–H and O–H groups in total. The van der Waals surface area contributed by atoms with Crippen molar-refractivity contribution in [2.75, 3.05) is 0 Å². The lowest BCUT2D eigenvalue weighted by atomic mass is 9.75. The molecule has 0 aromatic carbocycles. The molecule has 0 radical (unpaired) electrons. The predicted octanol–water partition coefficient (Wildman–Crippen LogP) is 3.65. The third-order valence-corrected chi connectivity index (χ3v) is 3.69. The molecule has 3 unspecified atom stereocenters. The highest BCUT2D eigenvalue weighted by Crippen LogP contribution is 2.35. The Morgan fingerprint density at radius 1 is 1.19 bits per heavy atom. The molecule has 1 aliphatic rings. The molecule has 0 aliphatic heterocycles. The number of hydrogen-bond acceptors (Lipinski definition) is 2. The second-order valence-corrected chi connectivity index (χ2v) is 5.96. The van der Waals surface area contributed by atoms with Crippen LogP contribution in [0.25, 0.3) is 0 Å². The van der Waals surface area contributed by atoms with Crippen LogP contribution in [0.4, 0.5) is 0 Å². The molecule has 2 nitrogen and oxygen atoms in total. The zero-order valence-electron chi connectivity index (χ0n) is 11.3. The van der Waals surface area contributed by atoms with Crippen molar-refractivity contribution in [1.82, 2.24) is 0 Å². The quantitative estimate of drug-likeness (QED) is 0.687. The molecule has 0 aromatic heterocycles. The Labute approximate surface area is 99.8 Å². The molecule has 0 spiro atoms. The van der Waals surface area contributed by atoms with E-state index in [-0.39, 0.29) is 18.0 Å². The zero-order chi connectivity index (χ0) is 12.3. The molecule has 0 saturated heterocycles. The van der Waals surface area contributed by atoms with Gasteiger partial charge in [0.05, 0.1) is 5.92 Å². The van der Waals surface area contributed by atoms with Crippen molar-refractivity contribution in [2.24, 2.45) is 23.7 Å². The van der Waals surface area contributed by atoms with E-state index < -0.39 is 0 Å². The maximum absolute atomic E-state index is 11.6. The predicted molar refractivity (Wildman–Crippen MR) is 66.1 cm³/mol. The van der Waals surface area contributed by atoms with Crippen LogP contribution >= 0.6 is 0 Å². The van der Waals surface area contributed by atoms with E-state index in [0.717, 1.165) is 12.3 Å². The molecule has 1 rings (SSSR count). The molecule has 1 aliphatic carbocycles. The number of carbonyl (C=O) groups is 1. The fourth-order valence-electron chi connectivity index (χ4n) is 2.53. The second-order valence-electron chi connectivity index (χ2n) is 5.96. The molecule has 94 valence electrons. The van der Waals surface area contributed by atoms with Crippen LogP contribution in [0.2, 0.25) is 0 Å². The van der Waals surface area contributed by atoms with Gasteiger partial charge in [0, 0.05) is 0 Å². The van der Waals surface area contributed by atoms with E-state index in [2.05, 4.69) is 20.8 Å². The molecular formula is C14H26O2. The molecule has 0 heterocycles. The van der Waals surface area contributed by atoms with Gasteiger partial charge in [-0.3, -0.25) is 4.79 Å². The van der Waals surface area contributed by atoms with Gasteiger partial charge in [-0.2, -0.15) is 0 Å². The van der Waals surface area contributed by atoms with Crippen molar-refractivity contribution >= 4 is 5.97 Å². The Morgan fingerprint density at radius 2 is 1.81 bits per heavy atom. The number of hydrogen-bond donors (Lipinski definition) is 0. The average molecular weight is 226 g/mol. The molecule has 1 saturated carbocycles. The number of esters is 1. The molecular weight excluding hydrogens is 200 g/mol. The van der Waals surface area contributed by atoms with E-state index in [9.17, 15) is 4.79 Å². The molecule has 2 heteroatoms. The SMILES string of the molecule is CC1CCC(OC(=O)C(C)C)C(C(C)C)C1. The van der Waals surface area contributed by atoms with E-state index in [4.69, 9.17) is 4.74 Å². The van der Waals surface area contributed by atoms with Crippen molar-refractivity contribution in [3.05, 3.63) is 0 Å². The van der Waals surface area contributed by atoms with Crippen molar-refractivity contribution in [3.8, 4) is 0 Å². The number of rotatable bonds is 3. The highest BCUT2D eigenvalue weighted by molar-refractivity contribution is 5.71. The largest absolute Gasteiger partial charge is 0.462 e. The minimum atomic E-state index is -0.0368. The lowest BCUT2D eigenvalue weighted by Crippen LogP contribution is -2.36. The van der Waals surface area contributed by atoms with Crippen molar-refractivity contribution < 1.29 is 9.53 Å². The van der Waals surface area contributed by atoms with Gasteiger partial charge in [0.15, 0.2) is 0 Å². The first-order valence-corrected chi connectivity index (χ1v) is 6.62. The minimum absolute atomic E-state index is 0.00726. The summed E-state index contributed by atoms with van der Waals surface area (Å²) in [7, 11) is 0. The average Bonchev–Trinajstić information content (AvgIpc) is 2.20. The first-order chi connectivity index (χ1) is 7.41. The van der Waals surface area contributed by atoms with Crippen LogP contribution in [-0.2, 0) is 9.53 Å². The van der Waals surface area contributed by atoms with Crippen LogP contribution in [0, 0.1) is 23.7 Å². The summed E-state index contributed by atoms with van der Waals surface area (Å²) in [5, 5.41) is 0. The number of carbonyl (C=O) groups excluding carboxylic acids is 1. The summed E-state index contributed by atoms with van der Waals surface area (Å²) in [6.45, 7) is 10.6. The molecule has 16 heavy (non-hydrogen) atoms. The van der Waals surface area contributed by atoms with Gasteiger partial charge >= 0.3 is 5.97 Å². The topological polar surface area (TPSA) is 26.3 Å². The monoisotopic (exact) mass is 226 g/mol. The van der Waals surface area contributed by atoms with Crippen molar-refractivity contribution in [2.45, 2.75) is 60.0 Å². The minimum Gasteiger partial charge on any atom is -0.462 e. The molecule has 3 atom stereocenters. The van der Waals surface area contributed by atoms with Gasteiger partial charge in [-0.25, -0.2) is 0 Å². The van der Waals surface area contributed by atoms with Gasteiger partial charge in [-0.15, -0.1) is 0 Å². The van der Waals surface area contributed by atoms with Crippen molar-refractivity contribution in [3.63, 3.8) is 0 Å². The van der Waals surface area contributed by atoms with Crippen LogP contribution in [-0.4, -0.2) is 12.1 Å². The molecule has 1 fully saturated rings. The van der Waals surface area contributed by atoms with Gasteiger partial charge in [0.25, 0.3) is 0 Å². The second kappa shape index (κ2) is 5.70. The summed E-state index contributed by atoms with van der Waals surface area (Å²) >= 11 is 0. The maximum Gasteiger partial charge on any atom is 0.308 e. The van der Waals surface area contributed by atoms with Gasteiger partial charge < -0.3 is 4.74 Å². The summed E-state index contributed by atoms with van der Waals surface area (Å²) in [4.78, 5) is 11.6. The molecule has 0 bridgehead atoms. The van der Waals surface area contributed by atoms with Crippen LogP contribution in [0.15, 0.2) is 0 Å². The van der Waals surface area contributed by atoms with E-state index in [1.807, 2.05) is 13.8 Å². The summed E-state index contributed by atoms with van der Waals surface area (Å²) in [6, 6.07) is 0. The Morgan fingerprint density at radius 3 is 2.31 bits per heavy atom. The maximum atomic E-state index is 11.6. The Hall–Kier alpha value is -0.530. The van der Waals surface area contributed by atoms with Gasteiger partial charge in [0.2, 0.25) is 0 Å². The van der Waals surface area contributed by atoms with Crippen LogP contribution in [0.1, 0.15) is 53.9 Å². The first-order valence-electron chi connectivity index (χ1n) is 6.62. The summed E-state index contributed by atoms with van der Waals surface area (Å²) in [5.74, 6) is 1.89. The lowest BCUT2D eigenvalue weighted by Gasteiger charge is -2.37. The summed E-state index contributed by atoms with van der Waals surface area (Å²) < 4.78 is 5.64. The molecule has 0 amide bonds. The van der Waals surface area contributed by atoms with Gasteiger partial charge in [-0.05, 0) is 37.0 Å². The third-order valence-electron chi connectivity index (χ3n) is 3.69. The zero-order valence-corrected chi connectivity index (χ0v) is 11.3. The van der Waals surface area contributed by atoms with Gasteiger partial charge in [-0.1, -0.05) is 34.6 Å². The third kappa shape index (κ3) is 3.50. The van der Waals surface area contributed by atoms with Crippen molar-refractivity contribution in [1.29, 1.82) is 0 Å².